The zero-order valence-electron chi connectivity index (χ0n) is 24.6. The van der Waals surface area contributed by atoms with Gasteiger partial charge in [0.15, 0.2) is 0 Å². The predicted molar refractivity (Wildman–Crippen MR) is 187 cm³/mol. The number of carbonyl (C=O) groups is 2. The number of rotatable bonds is 13. The molecule has 7 nitrogen and oxygen atoms in total. The molecule has 10 heteroatoms. The molecule has 2 atom stereocenters. The number of benzene rings is 4. The summed E-state index contributed by atoms with van der Waals surface area (Å²) in [6.45, 7) is 3.52. The van der Waals surface area contributed by atoms with Crippen LogP contribution in [0.4, 0.5) is 5.69 Å². The Bertz CT molecular complexity index is 1660. The predicted octanol–water partition coefficient (Wildman–Crippen LogP) is 6.80. The monoisotopic (exact) mass is 787 g/mol. The lowest BCUT2D eigenvalue weighted by Gasteiger charge is -2.34. The first-order valence-electron chi connectivity index (χ1n) is 14.3. The molecule has 0 bridgehead atoms. The summed E-state index contributed by atoms with van der Waals surface area (Å²) in [6, 6.07) is 31.1. The van der Waals surface area contributed by atoms with Crippen LogP contribution in [0.5, 0.6) is 0 Å². The van der Waals surface area contributed by atoms with Crippen LogP contribution in [0, 0.1) is 3.57 Å². The van der Waals surface area contributed by atoms with Crippen molar-refractivity contribution in [1.82, 2.24) is 10.2 Å². The Morgan fingerprint density at radius 1 is 0.864 bits per heavy atom. The number of nitrogens with zero attached hydrogens (tertiary/aromatic N) is 2. The summed E-state index contributed by atoms with van der Waals surface area (Å²) in [4.78, 5) is 29.9. The van der Waals surface area contributed by atoms with Crippen LogP contribution >= 0.6 is 38.5 Å². The Hall–Kier alpha value is -3.22. The van der Waals surface area contributed by atoms with E-state index in [-0.39, 0.29) is 29.8 Å². The van der Waals surface area contributed by atoms with Crippen molar-refractivity contribution in [3.8, 4) is 0 Å². The fourth-order valence-corrected chi connectivity index (χ4v) is 6.92. The zero-order valence-corrected chi connectivity index (χ0v) is 29.1. The van der Waals surface area contributed by atoms with Crippen LogP contribution in [0.25, 0.3) is 0 Å². The van der Waals surface area contributed by atoms with Crippen LogP contribution in [-0.4, -0.2) is 43.8 Å². The lowest BCUT2D eigenvalue weighted by atomic mass is 10.0. The molecule has 0 radical (unpaired) electrons. The molecule has 230 valence electrons. The maximum Gasteiger partial charge on any atom is 0.264 e. The second-order valence-corrected chi connectivity index (χ2v) is 14.5. The van der Waals surface area contributed by atoms with E-state index in [2.05, 4.69) is 43.8 Å². The van der Waals surface area contributed by atoms with Gasteiger partial charge in [-0.3, -0.25) is 13.9 Å². The molecule has 2 amide bonds. The maximum atomic E-state index is 14.5. The van der Waals surface area contributed by atoms with Crippen molar-refractivity contribution in [2.24, 2.45) is 0 Å². The highest BCUT2D eigenvalue weighted by Crippen LogP contribution is 2.26. The molecule has 0 spiro atoms. The van der Waals surface area contributed by atoms with Crippen molar-refractivity contribution in [3.05, 3.63) is 128 Å². The first-order chi connectivity index (χ1) is 21.1. The molecule has 0 fully saturated rings. The highest BCUT2D eigenvalue weighted by molar-refractivity contribution is 14.1. The molecule has 4 aromatic carbocycles. The highest BCUT2D eigenvalue weighted by atomic mass is 127. The summed E-state index contributed by atoms with van der Waals surface area (Å²) in [5.41, 5.74) is 2.04. The van der Waals surface area contributed by atoms with Crippen LogP contribution in [0.2, 0.25) is 0 Å². The van der Waals surface area contributed by atoms with Crippen LogP contribution in [0.1, 0.15) is 31.4 Å². The minimum absolute atomic E-state index is 0.0697. The van der Waals surface area contributed by atoms with Crippen LogP contribution in [0.3, 0.4) is 0 Å². The van der Waals surface area contributed by atoms with Crippen LogP contribution in [0.15, 0.2) is 119 Å². The highest BCUT2D eigenvalue weighted by Gasteiger charge is 2.35. The molecule has 1 N–H and O–H groups in total. The van der Waals surface area contributed by atoms with Gasteiger partial charge >= 0.3 is 0 Å². The van der Waals surface area contributed by atoms with Crippen LogP contribution in [-0.2, 0) is 32.6 Å². The normalized spacial score (nSPS) is 12.6. The van der Waals surface area contributed by atoms with Gasteiger partial charge in [-0.05, 0) is 95.6 Å². The number of halogens is 2. The van der Waals surface area contributed by atoms with E-state index in [1.54, 1.807) is 42.5 Å². The van der Waals surface area contributed by atoms with Gasteiger partial charge in [0.05, 0.1) is 10.6 Å². The van der Waals surface area contributed by atoms with E-state index in [9.17, 15) is 18.0 Å². The Morgan fingerprint density at radius 3 is 2.09 bits per heavy atom. The fraction of sp³-hybridized carbons (Fsp3) is 0.235. The lowest BCUT2D eigenvalue weighted by molar-refractivity contribution is -0.140. The summed E-state index contributed by atoms with van der Waals surface area (Å²) >= 11 is 5.66. The number of amides is 2. The lowest BCUT2D eigenvalue weighted by Crippen LogP contribution is -2.54. The number of hydrogen-bond acceptors (Lipinski definition) is 4. The average molecular weight is 789 g/mol. The molecule has 44 heavy (non-hydrogen) atoms. The van der Waals surface area contributed by atoms with Gasteiger partial charge in [-0.1, -0.05) is 83.5 Å². The molecule has 0 aliphatic heterocycles. The van der Waals surface area contributed by atoms with Crippen LogP contribution < -0.4 is 9.62 Å². The summed E-state index contributed by atoms with van der Waals surface area (Å²) < 4.78 is 30.9. The molecule has 0 saturated carbocycles. The van der Waals surface area contributed by atoms with E-state index in [0.29, 0.717) is 5.69 Å². The average Bonchev–Trinajstić information content (AvgIpc) is 3.02. The van der Waals surface area contributed by atoms with E-state index in [1.165, 1.54) is 17.0 Å². The number of carbonyl (C=O) groups excluding carboxylic acids is 2. The molecule has 2 unspecified atom stereocenters. The first-order valence-corrected chi connectivity index (χ1v) is 17.6. The summed E-state index contributed by atoms with van der Waals surface area (Å²) in [6.07, 6.45) is 0.983. The third-order valence-corrected chi connectivity index (χ3v) is 10.2. The van der Waals surface area contributed by atoms with E-state index < -0.39 is 28.5 Å². The Kier molecular flexibility index (Phi) is 12.0. The minimum atomic E-state index is -4.13. The third kappa shape index (κ3) is 8.92. The van der Waals surface area contributed by atoms with Gasteiger partial charge < -0.3 is 10.2 Å². The van der Waals surface area contributed by atoms with Gasteiger partial charge in [0.2, 0.25) is 11.8 Å². The molecule has 0 aromatic heterocycles. The molecular weight excluding hydrogens is 753 g/mol. The molecule has 0 aliphatic carbocycles. The Morgan fingerprint density at radius 2 is 1.48 bits per heavy atom. The standard InChI is InChI=1S/C34H35BrIN3O4S/c1-3-25(2)37-34(41)32(22-26-11-6-4-7-12-26)38(23-27-13-10-14-28(35)21-27)33(40)24-39(30-19-17-29(36)18-20-30)44(42,43)31-15-8-5-9-16-31/h4-21,25,32H,3,22-24H2,1-2H3,(H,37,41). The van der Waals surface area contributed by atoms with E-state index in [1.807, 2.05) is 68.4 Å². The zero-order chi connectivity index (χ0) is 31.7. The number of nitrogens with one attached hydrogen (secondary N) is 1. The van der Waals surface area contributed by atoms with Gasteiger partial charge in [0.25, 0.3) is 10.0 Å². The van der Waals surface area contributed by atoms with Crippen molar-refractivity contribution >= 4 is 66.0 Å². The second-order valence-electron chi connectivity index (χ2n) is 10.5. The van der Waals surface area contributed by atoms with Crippen molar-refractivity contribution in [2.45, 2.75) is 50.2 Å². The topological polar surface area (TPSA) is 86.8 Å². The summed E-state index contributed by atoms with van der Waals surface area (Å²) in [5, 5.41) is 3.05. The van der Waals surface area contributed by atoms with Gasteiger partial charge in [-0.15, -0.1) is 0 Å². The van der Waals surface area contributed by atoms with E-state index in [0.717, 1.165) is 29.9 Å². The molecule has 0 saturated heterocycles. The Labute approximate surface area is 282 Å². The summed E-state index contributed by atoms with van der Waals surface area (Å²) in [7, 11) is -4.13. The van der Waals surface area contributed by atoms with Crippen molar-refractivity contribution in [1.29, 1.82) is 0 Å². The molecule has 0 heterocycles. The first kappa shape index (κ1) is 33.7. The molecule has 4 rings (SSSR count). The quantitative estimate of drug-likeness (QED) is 0.151. The molecule has 4 aromatic rings. The molecule has 0 aliphatic rings. The van der Waals surface area contributed by atoms with E-state index >= 15 is 0 Å². The van der Waals surface area contributed by atoms with Crippen molar-refractivity contribution in [2.75, 3.05) is 10.8 Å². The van der Waals surface area contributed by atoms with Gasteiger partial charge in [0, 0.05) is 27.1 Å². The number of sulfonamides is 1. The Balaban J connectivity index is 1.80. The number of hydrogen-bond donors (Lipinski definition) is 1. The third-order valence-electron chi connectivity index (χ3n) is 7.24. The second kappa shape index (κ2) is 15.7. The van der Waals surface area contributed by atoms with Crippen molar-refractivity contribution in [3.63, 3.8) is 0 Å². The number of anilines is 1. The maximum absolute atomic E-state index is 14.5. The molecular formula is C34H35BrIN3O4S. The van der Waals surface area contributed by atoms with Gasteiger partial charge in [-0.25, -0.2) is 8.42 Å². The van der Waals surface area contributed by atoms with E-state index in [4.69, 9.17) is 0 Å². The van der Waals surface area contributed by atoms with Gasteiger partial charge in [0.1, 0.15) is 12.6 Å². The smallest absolute Gasteiger partial charge is 0.264 e. The SMILES string of the molecule is CCC(C)NC(=O)C(Cc1ccccc1)N(Cc1cccc(Br)c1)C(=O)CN(c1ccc(I)cc1)S(=O)(=O)c1ccccc1. The summed E-state index contributed by atoms with van der Waals surface area (Å²) in [5.74, 6) is -0.790. The minimum Gasteiger partial charge on any atom is -0.352 e. The van der Waals surface area contributed by atoms with Crippen molar-refractivity contribution < 1.29 is 18.0 Å². The fourth-order valence-electron chi connectivity index (χ4n) is 4.68. The largest absolute Gasteiger partial charge is 0.352 e. The van der Waals surface area contributed by atoms with Gasteiger partial charge in [-0.2, -0.15) is 0 Å².